The minimum absolute atomic E-state index is 0.00369. The molecule has 2 unspecified atom stereocenters. The number of amides is 1. The second-order valence-corrected chi connectivity index (χ2v) is 6.51. The Hall–Kier alpha value is -0.390. The lowest BCUT2D eigenvalue weighted by Gasteiger charge is -2.27. The van der Waals surface area contributed by atoms with Crippen molar-refractivity contribution >= 4 is 19.8 Å². The van der Waals surface area contributed by atoms with Gasteiger partial charge >= 0.3 is 0 Å². The summed E-state index contributed by atoms with van der Waals surface area (Å²) in [5, 5.41) is 0. The van der Waals surface area contributed by atoms with Crippen LogP contribution in [0.15, 0.2) is 0 Å². The number of carbonyl (C=O) groups is 1. The quantitative estimate of drug-likeness (QED) is 0.417. The van der Waals surface area contributed by atoms with E-state index in [1.807, 2.05) is 6.92 Å². The lowest BCUT2D eigenvalue weighted by atomic mass is 10.1. The van der Waals surface area contributed by atoms with Crippen LogP contribution in [0, 0.1) is 5.92 Å². The summed E-state index contributed by atoms with van der Waals surface area (Å²) in [7, 11) is -1.93. The molecule has 0 bridgehead atoms. The molecule has 0 spiro atoms. The number of hydrogen-bond acceptors (Lipinski definition) is 4. The van der Waals surface area contributed by atoms with Crippen LogP contribution < -0.4 is 10.6 Å². The van der Waals surface area contributed by atoms with Gasteiger partial charge in [0.2, 0.25) is 5.91 Å². The highest BCUT2D eigenvalue weighted by Crippen LogP contribution is 2.30. The molecular formula is C12H27N2O4P. The molecule has 1 amide bonds. The Balaban J connectivity index is 3.84. The lowest BCUT2D eigenvalue weighted by molar-refractivity contribution is -0.368. The molecule has 0 saturated carbocycles. The van der Waals surface area contributed by atoms with Crippen LogP contribution in [0.1, 0.15) is 32.6 Å². The summed E-state index contributed by atoms with van der Waals surface area (Å²) in [4.78, 5) is 33.2. The van der Waals surface area contributed by atoms with E-state index in [0.717, 1.165) is 25.8 Å². The van der Waals surface area contributed by atoms with E-state index < -0.39 is 7.57 Å². The minimum atomic E-state index is -3.67. The summed E-state index contributed by atoms with van der Waals surface area (Å²) in [5.41, 5.74) is 3.76. The fourth-order valence-electron chi connectivity index (χ4n) is 1.69. The molecule has 0 aromatic rings. The van der Waals surface area contributed by atoms with Crippen LogP contribution in [-0.4, -0.2) is 48.7 Å². The summed E-state index contributed by atoms with van der Waals surface area (Å²) in [6, 6.07) is 0. The smallest absolute Gasteiger partial charge is 0.222 e. The Kier molecular flexibility index (Phi) is 9.31. The number of hydrogen-bond donors (Lipinski definition) is 2. The molecule has 19 heavy (non-hydrogen) atoms. The van der Waals surface area contributed by atoms with Crippen molar-refractivity contribution in [1.82, 2.24) is 4.90 Å². The van der Waals surface area contributed by atoms with E-state index >= 15 is 0 Å². The molecule has 7 heteroatoms. The van der Waals surface area contributed by atoms with Gasteiger partial charge in [0.15, 0.2) is 0 Å². The second-order valence-electron chi connectivity index (χ2n) is 4.98. The van der Waals surface area contributed by atoms with Crippen molar-refractivity contribution in [2.75, 3.05) is 26.7 Å². The van der Waals surface area contributed by atoms with Crippen molar-refractivity contribution in [3.63, 3.8) is 0 Å². The third kappa shape index (κ3) is 11.2. The molecule has 0 radical (unpaired) electrons. The van der Waals surface area contributed by atoms with E-state index in [9.17, 15) is 9.69 Å². The van der Waals surface area contributed by atoms with Crippen molar-refractivity contribution in [2.45, 2.75) is 32.6 Å². The first-order valence-corrected chi connectivity index (χ1v) is 8.37. The van der Waals surface area contributed by atoms with E-state index in [4.69, 9.17) is 9.42 Å². The first-order chi connectivity index (χ1) is 8.76. The van der Waals surface area contributed by atoms with Crippen LogP contribution in [0.25, 0.3) is 0 Å². The standard InChI is InChI=1S/C12H26N2O4P/c1-11(10-18-19(3,16)17)9-14(2)12(15)7-5-4-6-8-13/h11H,3-10,13H2,1-2H3,(H-,16,17)/q-1/p+1. The zero-order chi connectivity index (χ0) is 14.9. The van der Waals surface area contributed by atoms with Gasteiger partial charge < -0.3 is 24.9 Å². The Labute approximate surface area is 115 Å². The Morgan fingerprint density at radius 3 is 2.68 bits per heavy atom. The van der Waals surface area contributed by atoms with Gasteiger partial charge in [-0.05, 0) is 25.2 Å². The van der Waals surface area contributed by atoms with Gasteiger partial charge in [0.25, 0.3) is 0 Å². The topological polar surface area (TPSA) is 100 Å². The fraction of sp³-hybridized carbons (Fsp3) is 0.833. The van der Waals surface area contributed by atoms with Crippen molar-refractivity contribution < 1.29 is 24.8 Å². The SMILES string of the molecule is C=P([O-])(O)OCC(C)CN(C)C(=O)CCCCC[NH3+]. The van der Waals surface area contributed by atoms with Gasteiger partial charge in [-0.15, -0.1) is 0 Å². The molecule has 0 fully saturated rings. The lowest BCUT2D eigenvalue weighted by Crippen LogP contribution is -2.50. The van der Waals surface area contributed by atoms with Gasteiger partial charge in [0.05, 0.1) is 13.2 Å². The van der Waals surface area contributed by atoms with E-state index in [-0.39, 0.29) is 18.4 Å². The first-order valence-electron chi connectivity index (χ1n) is 6.61. The van der Waals surface area contributed by atoms with Crippen LogP contribution in [0.4, 0.5) is 0 Å². The summed E-state index contributed by atoms with van der Waals surface area (Å²) >= 11 is 0. The highest BCUT2D eigenvalue weighted by molar-refractivity contribution is 7.56. The largest absolute Gasteiger partial charge is 0.789 e. The number of nitrogens with zero attached hydrogens (tertiary/aromatic N) is 1. The van der Waals surface area contributed by atoms with E-state index in [1.54, 1.807) is 11.9 Å². The maximum absolute atomic E-state index is 11.8. The Bertz CT molecular complexity index is 306. The van der Waals surface area contributed by atoms with Gasteiger partial charge in [0, 0.05) is 27.6 Å². The van der Waals surface area contributed by atoms with Crippen molar-refractivity contribution in [1.29, 1.82) is 0 Å². The molecule has 0 aromatic carbocycles. The third-order valence-corrected chi connectivity index (χ3v) is 3.27. The van der Waals surface area contributed by atoms with Gasteiger partial charge in [0.1, 0.15) is 0 Å². The number of unbranched alkanes of at least 4 members (excludes halogenated alkanes) is 2. The number of carbonyl (C=O) groups excluding carboxylic acids is 1. The molecule has 0 aromatic heterocycles. The number of rotatable bonds is 10. The molecule has 0 aliphatic carbocycles. The van der Waals surface area contributed by atoms with Gasteiger partial charge in [-0.3, -0.25) is 4.79 Å². The molecule has 0 aliphatic heterocycles. The Morgan fingerprint density at radius 1 is 1.53 bits per heavy atom. The van der Waals surface area contributed by atoms with Gasteiger partial charge in [-0.2, -0.15) is 0 Å². The maximum atomic E-state index is 11.8. The Morgan fingerprint density at radius 2 is 2.16 bits per heavy atom. The third-order valence-electron chi connectivity index (χ3n) is 2.71. The summed E-state index contributed by atoms with van der Waals surface area (Å²) in [6.07, 6.45) is 6.52. The van der Waals surface area contributed by atoms with Crippen LogP contribution in [0.2, 0.25) is 0 Å². The highest BCUT2D eigenvalue weighted by Gasteiger charge is 2.13. The average Bonchev–Trinajstić information content (AvgIpc) is 2.31. The fourth-order valence-corrected chi connectivity index (χ4v) is 2.17. The zero-order valence-corrected chi connectivity index (χ0v) is 12.9. The van der Waals surface area contributed by atoms with Crippen molar-refractivity contribution in [3.8, 4) is 0 Å². The van der Waals surface area contributed by atoms with Crippen LogP contribution in [0.5, 0.6) is 0 Å². The molecular weight excluding hydrogens is 267 g/mol. The zero-order valence-electron chi connectivity index (χ0n) is 12.0. The predicted molar refractivity (Wildman–Crippen MR) is 75.2 cm³/mol. The van der Waals surface area contributed by atoms with E-state index in [1.165, 1.54) is 0 Å². The normalized spacial score (nSPS) is 15.8. The molecule has 0 saturated heterocycles. The molecule has 114 valence electrons. The molecule has 0 heterocycles. The molecule has 0 aliphatic rings. The average molecular weight is 294 g/mol. The number of quaternary nitrogens is 1. The summed E-state index contributed by atoms with van der Waals surface area (Å²) in [6.45, 7) is 3.40. The molecule has 6 nitrogen and oxygen atoms in total. The van der Waals surface area contributed by atoms with Gasteiger partial charge in [-0.1, -0.05) is 13.2 Å². The highest BCUT2D eigenvalue weighted by atomic mass is 31.2. The van der Waals surface area contributed by atoms with E-state index in [2.05, 4.69) is 12.0 Å². The van der Waals surface area contributed by atoms with Crippen LogP contribution in [-0.2, 0) is 9.32 Å². The second kappa shape index (κ2) is 9.50. The maximum Gasteiger partial charge on any atom is 0.222 e. The molecule has 2 atom stereocenters. The predicted octanol–water partition coefficient (Wildman–Crippen LogP) is -0.553. The van der Waals surface area contributed by atoms with Crippen LogP contribution in [0.3, 0.4) is 0 Å². The van der Waals surface area contributed by atoms with Crippen molar-refractivity contribution in [2.24, 2.45) is 5.92 Å². The molecule has 0 rings (SSSR count). The monoisotopic (exact) mass is 294 g/mol. The molecule has 4 N–H and O–H groups in total. The first kappa shape index (κ1) is 18.6. The van der Waals surface area contributed by atoms with Gasteiger partial charge in [-0.25, -0.2) is 0 Å². The van der Waals surface area contributed by atoms with Crippen molar-refractivity contribution in [3.05, 3.63) is 0 Å². The summed E-state index contributed by atoms with van der Waals surface area (Å²) in [5.74, 6) is 0.0914. The summed E-state index contributed by atoms with van der Waals surface area (Å²) < 4.78 is 4.74. The van der Waals surface area contributed by atoms with Crippen LogP contribution >= 0.6 is 7.57 Å². The van der Waals surface area contributed by atoms with E-state index in [0.29, 0.717) is 13.0 Å². The minimum Gasteiger partial charge on any atom is -0.789 e.